The van der Waals surface area contributed by atoms with Crippen molar-refractivity contribution in [2.24, 2.45) is 5.73 Å². The predicted octanol–water partition coefficient (Wildman–Crippen LogP) is -5.47. The molecule has 1 aromatic heterocycles. The summed E-state index contributed by atoms with van der Waals surface area (Å²) in [6, 6.07) is -3.04. The molecule has 2 fully saturated rings. The summed E-state index contributed by atoms with van der Waals surface area (Å²) in [6.07, 6.45) is 4.34. The van der Waals surface area contributed by atoms with E-state index < -0.39 is 103 Å². The van der Waals surface area contributed by atoms with E-state index in [1.807, 2.05) is 0 Å². The first kappa shape index (κ1) is 42.1. The number of nitrogens with one attached hydrogen (secondary N) is 7. The van der Waals surface area contributed by atoms with Gasteiger partial charge in [0.05, 0.1) is 32.2 Å². The predicted molar refractivity (Wildman–Crippen MR) is 190 cm³/mol. The molecule has 2 aliphatic heterocycles. The molecule has 55 heavy (non-hydrogen) atoms. The standard InChI is InChI=1S/C34H48N10O11/c35-28(49)22(11-18-5-7-20(48)8-6-18)39-31(52)24(14-45)42-30(51)23(12-19-13-36-17-38-19)40-33(54)27-4-2-10-44(27)34(55)26(16-47)43-32(53)25(15-46)41-29(50)21-3-1-9-37-21/h5-8,13,17,21-27,37,45-48H,1-4,9-12,14-16H2,(H2,35,49)(H,36,38)(H,39,52)(H,40,54)(H,41,50)(H,42,51)(H,43,53)/t21-,22-,23-,24-,25-,26-,27-/m0/s1. The van der Waals surface area contributed by atoms with Gasteiger partial charge in [-0.2, -0.15) is 0 Å². The van der Waals surface area contributed by atoms with Crippen molar-refractivity contribution < 1.29 is 54.0 Å². The van der Waals surface area contributed by atoms with Gasteiger partial charge < -0.3 is 67.9 Å². The van der Waals surface area contributed by atoms with E-state index in [1.54, 1.807) is 0 Å². The van der Waals surface area contributed by atoms with Gasteiger partial charge in [0.15, 0.2) is 0 Å². The van der Waals surface area contributed by atoms with E-state index in [-0.39, 0.29) is 31.6 Å². The van der Waals surface area contributed by atoms with Gasteiger partial charge in [-0.3, -0.25) is 33.6 Å². The van der Waals surface area contributed by atoms with Gasteiger partial charge in [-0.05, 0) is 49.9 Å². The van der Waals surface area contributed by atoms with E-state index in [9.17, 15) is 54.0 Å². The van der Waals surface area contributed by atoms with Crippen LogP contribution < -0.4 is 37.6 Å². The maximum Gasteiger partial charge on any atom is 0.248 e. The van der Waals surface area contributed by atoms with Crippen molar-refractivity contribution in [1.82, 2.24) is 46.8 Å². The largest absolute Gasteiger partial charge is 0.508 e. The second kappa shape index (κ2) is 20.2. The van der Waals surface area contributed by atoms with Gasteiger partial charge in [0.25, 0.3) is 0 Å². The molecule has 2 aliphatic rings. The Morgan fingerprint density at radius 2 is 1.36 bits per heavy atom. The molecule has 3 heterocycles. The summed E-state index contributed by atoms with van der Waals surface area (Å²) in [4.78, 5) is 99.5. The highest BCUT2D eigenvalue weighted by Crippen LogP contribution is 2.19. The number of H-pyrrole nitrogens is 1. The lowest BCUT2D eigenvalue weighted by molar-refractivity contribution is -0.143. The molecule has 0 bridgehead atoms. The third-order valence-electron chi connectivity index (χ3n) is 9.29. The Hall–Kier alpha value is -5.64. The first-order valence-corrected chi connectivity index (χ1v) is 17.8. The number of amides is 7. The van der Waals surface area contributed by atoms with Crippen LogP contribution in [0, 0.1) is 0 Å². The lowest BCUT2D eigenvalue weighted by atomic mass is 10.0. The zero-order valence-corrected chi connectivity index (χ0v) is 29.9. The Bertz CT molecular complexity index is 1650. The van der Waals surface area contributed by atoms with Crippen LogP contribution in [-0.2, 0) is 46.4 Å². The minimum Gasteiger partial charge on any atom is -0.508 e. The number of likely N-dealkylation sites (tertiary alicyclic amines) is 1. The van der Waals surface area contributed by atoms with Gasteiger partial charge in [-0.15, -0.1) is 0 Å². The number of nitrogens with zero attached hydrogens (tertiary/aromatic N) is 2. The number of phenolic OH excluding ortho intramolecular Hbond substituents is 1. The summed E-state index contributed by atoms with van der Waals surface area (Å²) in [7, 11) is 0. The molecule has 0 unspecified atom stereocenters. The van der Waals surface area contributed by atoms with Crippen molar-refractivity contribution in [3.8, 4) is 5.75 Å². The number of rotatable bonds is 19. The number of aromatic amines is 1. The summed E-state index contributed by atoms with van der Waals surface area (Å²) in [5.41, 5.74) is 6.45. The van der Waals surface area contributed by atoms with Crippen molar-refractivity contribution in [2.75, 3.05) is 32.9 Å². The first-order valence-electron chi connectivity index (χ1n) is 17.8. The summed E-state index contributed by atoms with van der Waals surface area (Å²) < 4.78 is 0. The molecule has 0 spiro atoms. The molecular formula is C34H48N10O11. The highest BCUT2D eigenvalue weighted by atomic mass is 16.3. The zero-order chi connectivity index (χ0) is 40.1. The number of carbonyl (C=O) groups excluding carboxylic acids is 7. The fraction of sp³-hybridized carbons (Fsp3) is 0.529. The Morgan fingerprint density at radius 1 is 0.764 bits per heavy atom. The van der Waals surface area contributed by atoms with Crippen LogP contribution in [0.25, 0.3) is 0 Å². The average molecular weight is 773 g/mol. The molecular weight excluding hydrogens is 724 g/mol. The molecule has 2 aromatic rings. The lowest BCUT2D eigenvalue weighted by Crippen LogP contribution is -2.61. The van der Waals surface area contributed by atoms with Crippen LogP contribution in [0.2, 0.25) is 0 Å². The molecule has 300 valence electrons. The molecule has 13 N–H and O–H groups in total. The van der Waals surface area contributed by atoms with Crippen molar-refractivity contribution in [1.29, 1.82) is 0 Å². The summed E-state index contributed by atoms with van der Waals surface area (Å²) in [5.74, 6) is -5.80. The van der Waals surface area contributed by atoms with Crippen molar-refractivity contribution in [2.45, 2.75) is 80.8 Å². The minimum absolute atomic E-state index is 0.0128. The topological polar surface area (TPSA) is 331 Å². The molecule has 0 radical (unpaired) electrons. The Labute approximate surface area is 315 Å². The van der Waals surface area contributed by atoms with Crippen LogP contribution in [-0.4, -0.2) is 152 Å². The quantitative estimate of drug-likeness (QED) is 0.0635. The molecule has 1 aromatic carbocycles. The molecule has 21 heteroatoms. The molecule has 21 nitrogen and oxygen atoms in total. The van der Waals surface area contributed by atoms with Crippen LogP contribution in [0.3, 0.4) is 0 Å². The van der Waals surface area contributed by atoms with Gasteiger partial charge >= 0.3 is 0 Å². The zero-order valence-electron chi connectivity index (χ0n) is 29.9. The fourth-order valence-corrected chi connectivity index (χ4v) is 6.26. The number of aliphatic hydroxyl groups excluding tert-OH is 3. The van der Waals surface area contributed by atoms with E-state index in [2.05, 4.69) is 41.9 Å². The fourth-order valence-electron chi connectivity index (χ4n) is 6.26. The van der Waals surface area contributed by atoms with Gasteiger partial charge in [0.2, 0.25) is 41.4 Å². The number of benzene rings is 1. The molecule has 0 aliphatic carbocycles. The number of aromatic nitrogens is 2. The number of phenols is 1. The Kier molecular flexibility index (Phi) is 15.4. The Balaban J connectivity index is 1.41. The monoisotopic (exact) mass is 772 g/mol. The number of hydrogen-bond acceptors (Lipinski definition) is 13. The van der Waals surface area contributed by atoms with E-state index in [0.717, 1.165) is 11.3 Å². The minimum atomic E-state index is -1.59. The average Bonchev–Trinajstić information content (AvgIpc) is 3.99. The third kappa shape index (κ3) is 11.7. The molecule has 4 rings (SSSR count). The van der Waals surface area contributed by atoms with Crippen molar-refractivity contribution >= 4 is 41.4 Å². The highest BCUT2D eigenvalue weighted by molar-refractivity contribution is 5.97. The highest BCUT2D eigenvalue weighted by Gasteiger charge is 2.40. The van der Waals surface area contributed by atoms with Gasteiger partial charge in [0.1, 0.15) is 42.0 Å². The van der Waals surface area contributed by atoms with E-state index in [1.165, 1.54) is 36.8 Å². The molecule has 0 saturated carbocycles. The number of aromatic hydroxyl groups is 1. The molecule has 2 saturated heterocycles. The second-order valence-corrected chi connectivity index (χ2v) is 13.2. The number of nitrogens with two attached hydrogens (primary N) is 1. The third-order valence-corrected chi connectivity index (χ3v) is 9.29. The van der Waals surface area contributed by atoms with Crippen LogP contribution in [0.5, 0.6) is 5.75 Å². The number of carbonyl (C=O) groups is 7. The first-order chi connectivity index (χ1) is 26.3. The van der Waals surface area contributed by atoms with E-state index in [4.69, 9.17) is 5.73 Å². The number of imidazole rings is 1. The van der Waals surface area contributed by atoms with Crippen LogP contribution in [0.15, 0.2) is 36.8 Å². The second-order valence-electron chi connectivity index (χ2n) is 13.2. The van der Waals surface area contributed by atoms with Crippen LogP contribution in [0.4, 0.5) is 0 Å². The van der Waals surface area contributed by atoms with Gasteiger partial charge in [0, 0.05) is 31.3 Å². The summed E-state index contributed by atoms with van der Waals surface area (Å²) >= 11 is 0. The van der Waals surface area contributed by atoms with Crippen LogP contribution in [0.1, 0.15) is 36.9 Å². The van der Waals surface area contributed by atoms with Crippen LogP contribution >= 0.6 is 0 Å². The van der Waals surface area contributed by atoms with E-state index >= 15 is 0 Å². The van der Waals surface area contributed by atoms with Crippen molar-refractivity contribution in [3.05, 3.63) is 48.0 Å². The summed E-state index contributed by atoms with van der Waals surface area (Å²) in [5, 5.41) is 54.5. The Morgan fingerprint density at radius 3 is 1.95 bits per heavy atom. The maximum atomic E-state index is 13.7. The van der Waals surface area contributed by atoms with Gasteiger partial charge in [-0.1, -0.05) is 12.1 Å². The SMILES string of the molecule is NC(=O)[C@H](Cc1ccc(O)cc1)NC(=O)[C@H](CO)NC(=O)[C@H](Cc1cnc[nH]1)NC(=O)[C@@H]1CCCN1C(=O)[C@H](CO)NC(=O)[C@H](CO)NC(=O)[C@@H]1CCCN1. The summed E-state index contributed by atoms with van der Waals surface area (Å²) in [6.45, 7) is -1.86. The number of aliphatic hydroxyl groups is 3. The molecule has 7 atom stereocenters. The smallest absolute Gasteiger partial charge is 0.248 e. The van der Waals surface area contributed by atoms with Crippen molar-refractivity contribution in [3.63, 3.8) is 0 Å². The maximum absolute atomic E-state index is 13.7. The number of hydrogen-bond donors (Lipinski definition) is 12. The number of primary amides is 1. The molecule has 7 amide bonds. The van der Waals surface area contributed by atoms with Gasteiger partial charge in [-0.25, -0.2) is 4.98 Å². The normalized spacial score (nSPS) is 19.3. The van der Waals surface area contributed by atoms with E-state index in [0.29, 0.717) is 30.6 Å². The lowest BCUT2D eigenvalue weighted by Gasteiger charge is -2.30.